The van der Waals surface area contributed by atoms with Crippen LogP contribution in [0.25, 0.3) is 0 Å². The molecule has 0 aliphatic carbocycles. The zero-order valence-electron chi connectivity index (χ0n) is 8.54. The first-order chi connectivity index (χ1) is 6.16. The summed E-state index contributed by atoms with van der Waals surface area (Å²) in [6.07, 6.45) is 1.93. The lowest BCUT2D eigenvalue weighted by molar-refractivity contribution is -0.275. The molecule has 0 unspecified atom stereocenters. The van der Waals surface area contributed by atoms with Gasteiger partial charge in [0.25, 0.3) is 0 Å². The highest BCUT2D eigenvalue weighted by atomic mass is 17.2. The average Bonchev–Trinajstić information content (AvgIpc) is 2.09. The van der Waals surface area contributed by atoms with E-state index in [2.05, 4.69) is 9.78 Å². The number of hydrogen-bond acceptors (Lipinski definition) is 4. The number of carbonyl (C=O) groups is 1. The third-order valence-electron chi connectivity index (χ3n) is 1.27. The summed E-state index contributed by atoms with van der Waals surface area (Å²) in [4.78, 5) is 19.9. The Morgan fingerprint density at radius 3 is 2.62 bits per heavy atom. The van der Waals surface area contributed by atoms with E-state index in [0.717, 1.165) is 12.8 Å². The minimum atomic E-state index is -0.482. The van der Waals surface area contributed by atoms with Crippen LogP contribution in [0.4, 0.5) is 0 Å². The molecule has 0 aromatic carbocycles. The third kappa shape index (κ3) is 9.30. The summed E-state index contributed by atoms with van der Waals surface area (Å²) < 4.78 is 5.01. The van der Waals surface area contributed by atoms with Gasteiger partial charge >= 0.3 is 5.97 Å². The number of ether oxygens (including phenoxy) is 1. The second-order valence-electron chi connectivity index (χ2n) is 2.99. The smallest absolute Gasteiger partial charge is 0.367 e. The molecule has 0 fully saturated rings. The normalized spacial score (nSPS) is 10.5. The Kier molecular flexibility index (Phi) is 7.63. The largest absolute Gasteiger partial charge is 0.367 e. The van der Waals surface area contributed by atoms with Crippen LogP contribution in [0.1, 0.15) is 33.6 Å². The fourth-order valence-corrected chi connectivity index (χ4v) is 0.569. The van der Waals surface area contributed by atoms with Gasteiger partial charge in [-0.1, -0.05) is 13.3 Å². The van der Waals surface area contributed by atoms with Gasteiger partial charge in [0.2, 0.25) is 0 Å². The molecule has 0 bridgehead atoms. The molecule has 0 heterocycles. The molecule has 0 radical (unpaired) electrons. The Bertz CT molecular complexity index is 134. The van der Waals surface area contributed by atoms with Crippen molar-refractivity contribution in [2.45, 2.75) is 39.7 Å². The average molecular weight is 190 g/mol. The van der Waals surface area contributed by atoms with Crippen LogP contribution in [-0.2, 0) is 19.3 Å². The van der Waals surface area contributed by atoms with Crippen LogP contribution in [0.15, 0.2) is 0 Å². The molecule has 0 atom stereocenters. The minimum Gasteiger partial charge on any atom is -0.367 e. The first kappa shape index (κ1) is 12.4. The maximum atomic E-state index is 10.8. The van der Waals surface area contributed by atoms with Gasteiger partial charge in [0.1, 0.15) is 6.61 Å². The maximum Gasteiger partial charge on any atom is 0.367 e. The Morgan fingerprint density at radius 1 is 1.38 bits per heavy atom. The van der Waals surface area contributed by atoms with E-state index in [1.54, 1.807) is 0 Å². The van der Waals surface area contributed by atoms with Gasteiger partial charge in [0.15, 0.2) is 0 Å². The summed E-state index contributed by atoms with van der Waals surface area (Å²) >= 11 is 0. The Balaban J connectivity index is 3.20. The highest BCUT2D eigenvalue weighted by Gasteiger charge is 2.05. The molecular weight excluding hydrogens is 172 g/mol. The highest BCUT2D eigenvalue weighted by Crippen LogP contribution is 1.92. The quantitative estimate of drug-likeness (QED) is 0.348. The molecule has 4 heteroatoms. The van der Waals surface area contributed by atoms with E-state index in [9.17, 15) is 4.79 Å². The number of carbonyl (C=O) groups excluding carboxylic acids is 1. The zero-order valence-corrected chi connectivity index (χ0v) is 8.54. The Morgan fingerprint density at radius 2 is 2.08 bits per heavy atom. The molecule has 0 saturated heterocycles. The summed E-state index contributed by atoms with van der Waals surface area (Å²) in [5.41, 5.74) is 0. The van der Waals surface area contributed by atoms with Crippen LogP contribution in [0.5, 0.6) is 0 Å². The fraction of sp³-hybridized carbons (Fsp3) is 0.889. The van der Waals surface area contributed by atoms with E-state index >= 15 is 0 Å². The summed E-state index contributed by atoms with van der Waals surface area (Å²) in [5.74, 6) is -0.482. The van der Waals surface area contributed by atoms with Crippen molar-refractivity contribution >= 4 is 5.97 Å². The zero-order chi connectivity index (χ0) is 10.1. The number of rotatable bonds is 7. The molecular formula is C9H18O4. The van der Waals surface area contributed by atoms with Gasteiger partial charge in [-0.2, -0.15) is 4.89 Å². The summed E-state index contributed by atoms with van der Waals surface area (Å²) in [5, 5.41) is 0. The predicted octanol–water partition coefficient (Wildman–Crippen LogP) is 1.69. The van der Waals surface area contributed by atoms with Crippen LogP contribution in [0, 0.1) is 0 Å². The van der Waals surface area contributed by atoms with Gasteiger partial charge < -0.3 is 4.74 Å². The van der Waals surface area contributed by atoms with E-state index in [1.165, 1.54) is 0 Å². The van der Waals surface area contributed by atoms with Gasteiger partial charge in [-0.15, -0.1) is 0 Å². The molecule has 13 heavy (non-hydrogen) atoms. The van der Waals surface area contributed by atoms with Crippen molar-refractivity contribution in [3.8, 4) is 0 Å². The molecule has 4 nitrogen and oxygen atoms in total. The van der Waals surface area contributed by atoms with Crippen molar-refractivity contribution in [3.05, 3.63) is 0 Å². The van der Waals surface area contributed by atoms with E-state index in [4.69, 9.17) is 4.74 Å². The van der Waals surface area contributed by atoms with Gasteiger partial charge in [0, 0.05) is 0 Å². The van der Waals surface area contributed by atoms with Crippen molar-refractivity contribution in [1.82, 2.24) is 0 Å². The Hall–Kier alpha value is -0.610. The molecule has 0 spiro atoms. The summed E-state index contributed by atoms with van der Waals surface area (Å²) in [6.45, 7) is 6.14. The lowest BCUT2D eigenvalue weighted by atomic mass is 10.4. The molecule has 0 aliphatic rings. The lowest BCUT2D eigenvalue weighted by Gasteiger charge is -2.06. The van der Waals surface area contributed by atoms with Crippen LogP contribution in [-0.4, -0.2) is 25.3 Å². The highest BCUT2D eigenvalue weighted by molar-refractivity contribution is 5.69. The predicted molar refractivity (Wildman–Crippen MR) is 48.0 cm³/mol. The second-order valence-corrected chi connectivity index (χ2v) is 2.99. The van der Waals surface area contributed by atoms with Crippen LogP contribution in [0.3, 0.4) is 0 Å². The van der Waals surface area contributed by atoms with E-state index in [-0.39, 0.29) is 12.7 Å². The van der Waals surface area contributed by atoms with E-state index < -0.39 is 5.97 Å². The van der Waals surface area contributed by atoms with Crippen LogP contribution in [0.2, 0.25) is 0 Å². The number of unbranched alkanes of at least 4 members (excludes halogenated alkanes) is 1. The van der Waals surface area contributed by atoms with Crippen molar-refractivity contribution in [2.75, 3.05) is 13.2 Å². The Labute approximate surface area is 79.1 Å². The molecule has 78 valence electrons. The SMILES string of the molecule is CCCCOOC(=O)COC(C)C. The van der Waals surface area contributed by atoms with Gasteiger partial charge in [0.05, 0.1) is 12.7 Å². The van der Waals surface area contributed by atoms with Gasteiger partial charge in [-0.25, -0.2) is 4.79 Å². The first-order valence-electron chi connectivity index (χ1n) is 4.60. The molecule has 0 aromatic heterocycles. The summed E-state index contributed by atoms with van der Waals surface area (Å²) in [7, 11) is 0. The van der Waals surface area contributed by atoms with E-state index in [1.807, 2.05) is 20.8 Å². The molecule has 0 rings (SSSR count). The number of hydrogen-bond donors (Lipinski definition) is 0. The fourth-order valence-electron chi connectivity index (χ4n) is 0.569. The third-order valence-corrected chi connectivity index (χ3v) is 1.27. The maximum absolute atomic E-state index is 10.8. The van der Waals surface area contributed by atoms with Crippen molar-refractivity contribution in [1.29, 1.82) is 0 Å². The lowest BCUT2D eigenvalue weighted by Crippen LogP contribution is -2.16. The second kappa shape index (κ2) is 8.01. The topological polar surface area (TPSA) is 44.8 Å². The van der Waals surface area contributed by atoms with Gasteiger partial charge in [-0.05, 0) is 20.3 Å². The van der Waals surface area contributed by atoms with Crippen molar-refractivity contribution in [2.24, 2.45) is 0 Å². The van der Waals surface area contributed by atoms with Crippen molar-refractivity contribution < 1.29 is 19.3 Å². The molecule has 0 aromatic rings. The van der Waals surface area contributed by atoms with Gasteiger partial charge in [-0.3, -0.25) is 4.89 Å². The molecule has 0 saturated carbocycles. The van der Waals surface area contributed by atoms with E-state index in [0.29, 0.717) is 6.61 Å². The molecule has 0 amide bonds. The standard InChI is InChI=1S/C9H18O4/c1-4-5-6-12-13-9(10)7-11-8(2)3/h8H,4-7H2,1-3H3. The first-order valence-corrected chi connectivity index (χ1v) is 4.60. The molecule has 0 N–H and O–H groups in total. The molecule has 0 aliphatic heterocycles. The van der Waals surface area contributed by atoms with Crippen LogP contribution >= 0.6 is 0 Å². The van der Waals surface area contributed by atoms with Crippen LogP contribution < -0.4 is 0 Å². The monoisotopic (exact) mass is 190 g/mol. The van der Waals surface area contributed by atoms with Crippen molar-refractivity contribution in [3.63, 3.8) is 0 Å². The summed E-state index contributed by atoms with van der Waals surface area (Å²) in [6, 6.07) is 0. The minimum absolute atomic E-state index is 0.0307.